The molecule has 0 aliphatic heterocycles. The Morgan fingerprint density at radius 1 is 0.833 bits per heavy atom. The van der Waals surface area contributed by atoms with Crippen molar-refractivity contribution < 1.29 is 25.2 Å². The Balaban J connectivity index is 1.45. The monoisotopic (exact) mass is 344 g/mol. The lowest BCUT2D eigenvalue weighted by Gasteiger charge is -2.30. The van der Waals surface area contributed by atoms with E-state index in [1.54, 1.807) is 0 Å². The molecule has 24 heavy (non-hydrogen) atoms. The first-order chi connectivity index (χ1) is 11.5. The van der Waals surface area contributed by atoms with Gasteiger partial charge in [-0.15, -0.1) is 0 Å². The summed E-state index contributed by atoms with van der Waals surface area (Å²) >= 11 is 0. The highest BCUT2D eigenvalue weighted by Gasteiger charge is 2.27. The van der Waals surface area contributed by atoms with Crippen molar-refractivity contribution >= 4 is 0 Å². The van der Waals surface area contributed by atoms with Crippen molar-refractivity contribution in [2.75, 3.05) is 6.61 Å². The molecule has 0 radical (unpaired) electrons. The highest BCUT2D eigenvalue weighted by Crippen LogP contribution is 2.29. The molecule has 0 bridgehead atoms. The van der Waals surface area contributed by atoms with E-state index in [1.807, 2.05) is 0 Å². The van der Waals surface area contributed by atoms with Crippen molar-refractivity contribution in [2.45, 2.75) is 102 Å². The second kappa shape index (κ2) is 10.7. The Kier molecular flexibility index (Phi) is 8.98. The van der Waals surface area contributed by atoms with Gasteiger partial charge in [-0.3, -0.25) is 0 Å². The van der Waals surface area contributed by atoms with E-state index in [4.69, 9.17) is 4.74 Å². The van der Waals surface area contributed by atoms with Gasteiger partial charge in [0.1, 0.15) is 0 Å². The molecule has 0 heterocycles. The smallest absolute Gasteiger partial charge is 0.154 e. The average Bonchev–Trinajstić information content (AvgIpc) is 2.56. The maximum atomic E-state index is 9.96. The van der Waals surface area contributed by atoms with Crippen molar-refractivity contribution in [3.63, 3.8) is 0 Å². The second-order valence-corrected chi connectivity index (χ2v) is 7.89. The van der Waals surface area contributed by atoms with Crippen molar-refractivity contribution in [1.82, 2.24) is 0 Å². The van der Waals surface area contributed by atoms with Gasteiger partial charge in [-0.25, -0.2) is 0 Å². The van der Waals surface area contributed by atoms with Crippen LogP contribution in [0.25, 0.3) is 0 Å². The van der Waals surface area contributed by atoms with Crippen LogP contribution in [0.1, 0.15) is 77.0 Å². The maximum absolute atomic E-state index is 9.96. The molecule has 5 heteroatoms. The highest BCUT2D eigenvalue weighted by molar-refractivity contribution is 4.79. The van der Waals surface area contributed by atoms with Gasteiger partial charge in [-0.05, 0) is 76.0 Å². The Hall–Kier alpha value is -0.200. The topological polar surface area (TPSA) is 90.2 Å². The van der Waals surface area contributed by atoms with Gasteiger partial charge in [0.25, 0.3) is 0 Å². The Bertz CT molecular complexity index is 330. The van der Waals surface area contributed by atoms with Crippen LogP contribution in [0.3, 0.4) is 0 Å². The molecule has 2 fully saturated rings. The highest BCUT2D eigenvalue weighted by atomic mass is 16.6. The second-order valence-electron chi connectivity index (χ2n) is 7.89. The number of ether oxygens (including phenoxy) is 1. The zero-order valence-corrected chi connectivity index (χ0v) is 14.9. The molecule has 2 aliphatic carbocycles. The fourth-order valence-corrected chi connectivity index (χ4v) is 4.07. The Labute approximate surface area is 146 Å². The number of aliphatic hydroxyl groups excluding tert-OH is 4. The van der Waals surface area contributed by atoms with Crippen molar-refractivity contribution in [3.05, 3.63) is 0 Å². The van der Waals surface area contributed by atoms with Gasteiger partial charge in [0.2, 0.25) is 0 Å². The third-order valence-electron chi connectivity index (χ3n) is 5.79. The van der Waals surface area contributed by atoms with Crippen molar-refractivity contribution in [3.8, 4) is 0 Å². The average molecular weight is 344 g/mol. The number of aliphatic hydroxyl groups is 4. The van der Waals surface area contributed by atoms with Crippen molar-refractivity contribution in [1.29, 1.82) is 0 Å². The van der Waals surface area contributed by atoms with Gasteiger partial charge in [0, 0.05) is 0 Å². The standard InChI is InChI=1S/C19H36O5/c20-16-9-6-14(7-10-16)13-24-19(23)5-3-1-2-4-15-8-11-17(21)12-18(15)22/h14-23H,1-13H2/t14?,15?,16?,17-,18-,19?/m1/s1. The maximum Gasteiger partial charge on any atom is 0.154 e. The molecule has 4 atom stereocenters. The predicted molar refractivity (Wildman–Crippen MR) is 92.4 cm³/mol. The summed E-state index contributed by atoms with van der Waals surface area (Å²) in [6.07, 6.45) is 9.18. The summed E-state index contributed by atoms with van der Waals surface area (Å²) < 4.78 is 5.55. The minimum atomic E-state index is -0.674. The molecule has 0 spiro atoms. The minimum Gasteiger partial charge on any atom is -0.393 e. The normalized spacial score (nSPS) is 35.8. The van der Waals surface area contributed by atoms with Crippen LogP contribution in [0.15, 0.2) is 0 Å². The van der Waals surface area contributed by atoms with Crippen LogP contribution in [0.4, 0.5) is 0 Å². The van der Waals surface area contributed by atoms with Gasteiger partial charge < -0.3 is 25.2 Å². The zero-order chi connectivity index (χ0) is 17.4. The van der Waals surface area contributed by atoms with E-state index in [1.165, 1.54) is 0 Å². The third kappa shape index (κ3) is 7.36. The van der Waals surface area contributed by atoms with Gasteiger partial charge in [0.05, 0.1) is 24.9 Å². The fraction of sp³-hybridized carbons (Fsp3) is 1.00. The van der Waals surface area contributed by atoms with Crippen LogP contribution in [0, 0.1) is 11.8 Å². The summed E-state index contributed by atoms with van der Waals surface area (Å²) in [5, 5.41) is 38.9. The van der Waals surface area contributed by atoms with E-state index in [0.717, 1.165) is 64.2 Å². The van der Waals surface area contributed by atoms with Crippen LogP contribution in [0.2, 0.25) is 0 Å². The van der Waals surface area contributed by atoms with E-state index in [0.29, 0.717) is 31.3 Å². The summed E-state index contributed by atoms with van der Waals surface area (Å²) in [7, 11) is 0. The Morgan fingerprint density at radius 3 is 2.25 bits per heavy atom. The Morgan fingerprint density at radius 2 is 1.54 bits per heavy atom. The van der Waals surface area contributed by atoms with Gasteiger partial charge >= 0.3 is 0 Å². The van der Waals surface area contributed by atoms with E-state index >= 15 is 0 Å². The molecule has 0 amide bonds. The number of hydrogen-bond acceptors (Lipinski definition) is 5. The first kappa shape index (κ1) is 20.1. The lowest BCUT2D eigenvalue weighted by Crippen LogP contribution is -2.31. The number of hydrogen-bond donors (Lipinski definition) is 4. The first-order valence-corrected chi connectivity index (χ1v) is 9.88. The molecule has 0 aromatic heterocycles. The molecule has 0 aromatic rings. The van der Waals surface area contributed by atoms with E-state index in [2.05, 4.69) is 0 Å². The largest absolute Gasteiger partial charge is 0.393 e. The molecule has 2 aliphatic rings. The lowest BCUT2D eigenvalue weighted by molar-refractivity contribution is -0.118. The molecule has 2 unspecified atom stereocenters. The number of unbranched alkanes of at least 4 members (excludes halogenated alkanes) is 2. The van der Waals surface area contributed by atoms with Gasteiger partial charge in [0.15, 0.2) is 6.29 Å². The first-order valence-electron chi connectivity index (χ1n) is 9.88. The zero-order valence-electron chi connectivity index (χ0n) is 14.9. The summed E-state index contributed by atoms with van der Waals surface area (Å²) in [5.74, 6) is 0.808. The molecule has 0 saturated heterocycles. The van der Waals surface area contributed by atoms with E-state index in [9.17, 15) is 20.4 Å². The van der Waals surface area contributed by atoms with Crippen LogP contribution in [0.5, 0.6) is 0 Å². The molecule has 4 N–H and O–H groups in total. The minimum absolute atomic E-state index is 0.142. The lowest BCUT2D eigenvalue weighted by atomic mass is 9.82. The molecule has 5 nitrogen and oxygen atoms in total. The van der Waals surface area contributed by atoms with E-state index in [-0.39, 0.29) is 18.3 Å². The molecular weight excluding hydrogens is 308 g/mol. The molecule has 142 valence electrons. The molecule has 0 aromatic carbocycles. The molecule has 2 rings (SSSR count). The number of rotatable bonds is 9. The molecule has 2 saturated carbocycles. The SMILES string of the molecule is OC1CCC(COC(O)CCCCCC2CC[C@@H](O)C[C@H]2O)CC1. The predicted octanol–water partition coefficient (Wildman–Crippen LogP) is 2.34. The summed E-state index contributed by atoms with van der Waals surface area (Å²) in [5.41, 5.74) is 0. The fourth-order valence-electron chi connectivity index (χ4n) is 4.07. The summed E-state index contributed by atoms with van der Waals surface area (Å²) in [6, 6.07) is 0. The quantitative estimate of drug-likeness (QED) is 0.381. The van der Waals surface area contributed by atoms with Crippen molar-refractivity contribution in [2.24, 2.45) is 11.8 Å². The summed E-state index contributed by atoms with van der Waals surface area (Å²) in [6.45, 7) is 0.602. The van der Waals surface area contributed by atoms with E-state index < -0.39 is 6.29 Å². The van der Waals surface area contributed by atoms with Crippen LogP contribution in [-0.4, -0.2) is 51.6 Å². The van der Waals surface area contributed by atoms with Crippen LogP contribution in [-0.2, 0) is 4.74 Å². The van der Waals surface area contributed by atoms with Crippen LogP contribution >= 0.6 is 0 Å². The third-order valence-corrected chi connectivity index (χ3v) is 5.79. The van der Waals surface area contributed by atoms with Crippen LogP contribution < -0.4 is 0 Å². The molecular formula is C19H36O5. The van der Waals surface area contributed by atoms with Gasteiger partial charge in [-0.2, -0.15) is 0 Å². The van der Waals surface area contributed by atoms with Gasteiger partial charge in [-0.1, -0.05) is 12.8 Å². The summed E-state index contributed by atoms with van der Waals surface area (Å²) in [4.78, 5) is 0.